The molecule has 0 saturated heterocycles. The number of unbranched alkanes of at least 4 members (excludes halogenated alkanes) is 4. The van der Waals surface area contributed by atoms with Crippen molar-refractivity contribution in [1.82, 2.24) is 10.6 Å². The van der Waals surface area contributed by atoms with Crippen LogP contribution in [0.1, 0.15) is 46.0 Å². The Labute approximate surface area is 114 Å². The van der Waals surface area contributed by atoms with E-state index >= 15 is 0 Å². The minimum absolute atomic E-state index is 0.118. The fourth-order valence-electron chi connectivity index (χ4n) is 1.57. The topological polar surface area (TPSA) is 108 Å². The van der Waals surface area contributed by atoms with Crippen molar-refractivity contribution in [2.45, 2.75) is 46.0 Å². The predicted molar refractivity (Wildman–Crippen MR) is 72.8 cm³/mol. The van der Waals surface area contributed by atoms with E-state index in [-0.39, 0.29) is 5.57 Å². The van der Waals surface area contributed by atoms with E-state index in [0.717, 1.165) is 12.8 Å². The molecule has 0 rings (SSSR count). The third-order valence-corrected chi connectivity index (χ3v) is 2.62. The summed E-state index contributed by atoms with van der Waals surface area (Å²) in [5.41, 5.74) is 5.17. The number of nitrogens with two attached hydrogens (primary N) is 1. The van der Waals surface area contributed by atoms with E-state index in [0.29, 0.717) is 12.2 Å². The summed E-state index contributed by atoms with van der Waals surface area (Å²) in [4.78, 5) is 22.0. The average Bonchev–Trinajstić information content (AvgIpc) is 2.33. The van der Waals surface area contributed by atoms with Crippen molar-refractivity contribution in [2.75, 3.05) is 6.54 Å². The van der Waals surface area contributed by atoms with Gasteiger partial charge in [-0.2, -0.15) is 5.26 Å². The van der Waals surface area contributed by atoms with Crippen molar-refractivity contribution in [3.05, 3.63) is 11.3 Å². The minimum atomic E-state index is -0.967. The van der Waals surface area contributed by atoms with Gasteiger partial charge in [-0.3, -0.25) is 10.1 Å². The minimum Gasteiger partial charge on any atom is -0.387 e. The first-order chi connectivity index (χ1) is 9.02. The summed E-state index contributed by atoms with van der Waals surface area (Å²) in [7, 11) is 0. The van der Waals surface area contributed by atoms with Gasteiger partial charge in [-0.25, -0.2) is 4.79 Å². The predicted octanol–water partition coefficient (Wildman–Crippen LogP) is 1.54. The zero-order chi connectivity index (χ0) is 14.7. The van der Waals surface area contributed by atoms with Crippen LogP contribution in [0.2, 0.25) is 0 Å². The molecule has 0 atom stereocenters. The molecule has 0 aliphatic rings. The molecular weight excluding hydrogens is 244 g/mol. The monoisotopic (exact) mass is 266 g/mol. The Bertz CT molecular complexity index is 383. The maximum atomic E-state index is 11.5. The van der Waals surface area contributed by atoms with Crippen LogP contribution in [0.15, 0.2) is 11.3 Å². The normalized spacial score (nSPS) is 11.2. The van der Waals surface area contributed by atoms with Crippen molar-refractivity contribution in [1.29, 1.82) is 5.26 Å². The standard InChI is InChI=1S/C13H22N4O2/c1-3-4-5-6-7-8-16-10(2)11(9-14)12(18)17-13(15)19/h16H,3-8H2,1-2H3,(H3,15,17,18,19)/b11-10-. The molecule has 0 unspecified atom stereocenters. The highest BCUT2D eigenvalue weighted by molar-refractivity contribution is 6.06. The van der Waals surface area contributed by atoms with Crippen molar-refractivity contribution in [3.8, 4) is 6.07 Å². The molecule has 0 aromatic heterocycles. The van der Waals surface area contributed by atoms with Gasteiger partial charge in [-0.15, -0.1) is 0 Å². The zero-order valence-corrected chi connectivity index (χ0v) is 11.6. The molecule has 19 heavy (non-hydrogen) atoms. The summed E-state index contributed by atoms with van der Waals surface area (Å²) in [5, 5.41) is 13.8. The van der Waals surface area contributed by atoms with Crippen LogP contribution in [0.4, 0.5) is 4.79 Å². The van der Waals surface area contributed by atoms with E-state index in [1.807, 2.05) is 5.32 Å². The van der Waals surface area contributed by atoms with Gasteiger partial charge < -0.3 is 11.1 Å². The Morgan fingerprint density at radius 1 is 1.21 bits per heavy atom. The first kappa shape index (κ1) is 17.0. The number of urea groups is 1. The van der Waals surface area contributed by atoms with Gasteiger partial charge in [-0.05, 0) is 13.3 Å². The number of rotatable bonds is 8. The quantitative estimate of drug-likeness (QED) is 0.352. The molecular formula is C13H22N4O2. The Kier molecular flexibility index (Phi) is 8.88. The summed E-state index contributed by atoms with van der Waals surface area (Å²) in [6.45, 7) is 4.48. The second-order valence-electron chi connectivity index (χ2n) is 4.27. The molecule has 6 heteroatoms. The second-order valence-corrected chi connectivity index (χ2v) is 4.27. The Morgan fingerprint density at radius 3 is 2.37 bits per heavy atom. The summed E-state index contributed by atoms with van der Waals surface area (Å²) >= 11 is 0. The molecule has 0 bridgehead atoms. The number of hydrogen-bond acceptors (Lipinski definition) is 4. The van der Waals surface area contributed by atoms with Gasteiger partial charge in [0, 0.05) is 12.2 Å². The molecule has 0 aromatic rings. The van der Waals surface area contributed by atoms with E-state index in [2.05, 4.69) is 12.2 Å². The number of nitriles is 1. The Balaban J connectivity index is 4.21. The van der Waals surface area contributed by atoms with Gasteiger partial charge in [0.1, 0.15) is 11.6 Å². The molecule has 0 radical (unpaired) electrons. The number of amides is 3. The summed E-state index contributed by atoms with van der Waals surface area (Å²) < 4.78 is 0. The van der Waals surface area contributed by atoms with Gasteiger partial charge in [0.15, 0.2) is 0 Å². The first-order valence-corrected chi connectivity index (χ1v) is 6.48. The maximum absolute atomic E-state index is 11.5. The number of hydrogen-bond donors (Lipinski definition) is 3. The number of carbonyl (C=O) groups is 2. The molecule has 3 amide bonds. The molecule has 0 fully saturated rings. The van der Waals surface area contributed by atoms with Crippen LogP contribution in [0.3, 0.4) is 0 Å². The van der Waals surface area contributed by atoms with Gasteiger partial charge >= 0.3 is 6.03 Å². The van der Waals surface area contributed by atoms with Gasteiger partial charge in [0.25, 0.3) is 5.91 Å². The SMILES string of the molecule is CCCCCCCN/C(C)=C(/C#N)C(=O)NC(N)=O. The lowest BCUT2D eigenvalue weighted by Crippen LogP contribution is -2.36. The maximum Gasteiger partial charge on any atom is 0.319 e. The summed E-state index contributed by atoms with van der Waals surface area (Å²) in [5.74, 6) is -0.772. The van der Waals surface area contributed by atoms with Crippen LogP contribution in [0.25, 0.3) is 0 Å². The molecule has 0 aliphatic heterocycles. The lowest BCUT2D eigenvalue weighted by atomic mass is 10.1. The first-order valence-electron chi connectivity index (χ1n) is 6.48. The van der Waals surface area contributed by atoms with Crippen molar-refractivity contribution in [2.24, 2.45) is 5.73 Å². The van der Waals surface area contributed by atoms with Crippen molar-refractivity contribution < 1.29 is 9.59 Å². The smallest absolute Gasteiger partial charge is 0.319 e. The number of allylic oxidation sites excluding steroid dienone is 1. The van der Waals surface area contributed by atoms with E-state index in [9.17, 15) is 9.59 Å². The van der Waals surface area contributed by atoms with Gasteiger partial charge in [-0.1, -0.05) is 32.6 Å². The lowest BCUT2D eigenvalue weighted by Gasteiger charge is -2.08. The molecule has 0 aromatic carbocycles. The van der Waals surface area contributed by atoms with E-state index in [4.69, 9.17) is 11.0 Å². The van der Waals surface area contributed by atoms with E-state index in [1.54, 1.807) is 13.0 Å². The summed E-state index contributed by atoms with van der Waals surface area (Å²) in [6.07, 6.45) is 5.70. The average molecular weight is 266 g/mol. The third kappa shape index (κ3) is 7.82. The van der Waals surface area contributed by atoms with Crippen LogP contribution < -0.4 is 16.4 Å². The zero-order valence-electron chi connectivity index (χ0n) is 11.6. The fraction of sp³-hybridized carbons (Fsp3) is 0.615. The van der Waals surface area contributed by atoms with Crippen molar-refractivity contribution in [3.63, 3.8) is 0 Å². The molecule has 0 aliphatic carbocycles. The third-order valence-electron chi connectivity index (χ3n) is 2.62. The largest absolute Gasteiger partial charge is 0.387 e. The molecule has 0 spiro atoms. The highest BCUT2D eigenvalue weighted by Gasteiger charge is 2.13. The number of nitrogens with one attached hydrogen (secondary N) is 2. The highest BCUT2D eigenvalue weighted by Crippen LogP contribution is 2.03. The van der Waals surface area contributed by atoms with Crippen LogP contribution >= 0.6 is 0 Å². The molecule has 106 valence electrons. The number of carbonyl (C=O) groups excluding carboxylic acids is 2. The Hall–Kier alpha value is -2.03. The van der Waals surface area contributed by atoms with Crippen molar-refractivity contribution >= 4 is 11.9 Å². The molecule has 0 heterocycles. The fourth-order valence-corrected chi connectivity index (χ4v) is 1.57. The van der Waals surface area contributed by atoms with Crippen LogP contribution in [0, 0.1) is 11.3 Å². The summed E-state index contributed by atoms with van der Waals surface area (Å²) in [6, 6.07) is 0.798. The molecule has 0 saturated carbocycles. The number of primary amides is 1. The Morgan fingerprint density at radius 2 is 1.84 bits per heavy atom. The lowest BCUT2D eigenvalue weighted by molar-refractivity contribution is -0.116. The van der Waals surface area contributed by atoms with Crippen LogP contribution in [-0.4, -0.2) is 18.5 Å². The molecule has 4 N–H and O–H groups in total. The number of nitrogens with zero attached hydrogens (tertiary/aromatic N) is 1. The second kappa shape index (κ2) is 9.95. The van der Waals surface area contributed by atoms with Gasteiger partial charge in [0.2, 0.25) is 0 Å². The van der Waals surface area contributed by atoms with E-state index in [1.165, 1.54) is 19.3 Å². The van der Waals surface area contributed by atoms with Crippen LogP contribution in [0.5, 0.6) is 0 Å². The van der Waals surface area contributed by atoms with Crippen LogP contribution in [-0.2, 0) is 4.79 Å². The highest BCUT2D eigenvalue weighted by atomic mass is 16.2. The van der Waals surface area contributed by atoms with E-state index < -0.39 is 11.9 Å². The number of imide groups is 1. The molecule has 6 nitrogen and oxygen atoms in total. The van der Waals surface area contributed by atoms with Gasteiger partial charge in [0.05, 0.1) is 0 Å².